The summed E-state index contributed by atoms with van der Waals surface area (Å²) in [6, 6.07) is 7.47. The quantitative estimate of drug-likeness (QED) is 0.665. The van der Waals surface area contributed by atoms with Crippen LogP contribution in [0.5, 0.6) is 0 Å². The van der Waals surface area contributed by atoms with Gasteiger partial charge in [-0.3, -0.25) is 9.59 Å². The fourth-order valence-corrected chi connectivity index (χ4v) is 1.84. The van der Waals surface area contributed by atoms with E-state index in [0.717, 1.165) is 5.56 Å². The Morgan fingerprint density at radius 3 is 2.40 bits per heavy atom. The summed E-state index contributed by atoms with van der Waals surface area (Å²) in [6.45, 7) is 4.00. The van der Waals surface area contributed by atoms with E-state index in [2.05, 4.69) is 5.32 Å². The molecule has 0 bridgehead atoms. The van der Waals surface area contributed by atoms with Gasteiger partial charge in [0.25, 0.3) is 0 Å². The Kier molecular flexibility index (Phi) is 6.03. The van der Waals surface area contributed by atoms with E-state index >= 15 is 0 Å². The first kappa shape index (κ1) is 16.0. The van der Waals surface area contributed by atoms with E-state index in [-0.39, 0.29) is 11.8 Å². The molecule has 0 fully saturated rings. The molecule has 0 saturated carbocycles. The maximum atomic E-state index is 11.8. The number of carboxylic acid groups (broad SMARTS) is 1. The van der Waals surface area contributed by atoms with Crippen LogP contribution in [0.1, 0.15) is 38.2 Å². The topological polar surface area (TPSA) is 92.4 Å². The number of nitrogens with one attached hydrogen (secondary N) is 1. The monoisotopic (exact) mass is 278 g/mol. The molecule has 1 aromatic rings. The normalized spacial score (nSPS) is 13.5. The van der Waals surface area contributed by atoms with Gasteiger partial charge in [-0.25, -0.2) is 0 Å². The van der Waals surface area contributed by atoms with Crippen LogP contribution in [0.15, 0.2) is 24.3 Å². The van der Waals surface area contributed by atoms with E-state index in [1.807, 2.05) is 31.2 Å². The molecular weight excluding hydrogens is 256 g/mol. The van der Waals surface area contributed by atoms with Gasteiger partial charge in [0.1, 0.15) is 0 Å². The summed E-state index contributed by atoms with van der Waals surface area (Å²) in [6.07, 6.45) is 0.822. The second-order valence-electron chi connectivity index (χ2n) is 5.15. The molecule has 2 atom stereocenters. The van der Waals surface area contributed by atoms with Crippen molar-refractivity contribution in [3.8, 4) is 0 Å². The minimum atomic E-state index is -0.838. The number of benzene rings is 1. The van der Waals surface area contributed by atoms with Crippen LogP contribution in [0.2, 0.25) is 0 Å². The van der Waals surface area contributed by atoms with Gasteiger partial charge in [-0.15, -0.1) is 0 Å². The van der Waals surface area contributed by atoms with Crippen molar-refractivity contribution in [2.24, 2.45) is 5.92 Å². The molecule has 0 saturated heterocycles. The summed E-state index contributed by atoms with van der Waals surface area (Å²) in [5, 5.41) is 11.5. The van der Waals surface area contributed by atoms with E-state index in [0.29, 0.717) is 25.1 Å². The SMILES string of the molecule is CC(CCNC(=O)CC(C)c1ccc(N)cc1)C(=O)O. The highest BCUT2D eigenvalue weighted by Crippen LogP contribution is 2.19. The van der Waals surface area contributed by atoms with Crippen molar-refractivity contribution in [1.29, 1.82) is 0 Å². The average Bonchev–Trinajstić information content (AvgIpc) is 2.39. The summed E-state index contributed by atoms with van der Waals surface area (Å²) in [5.41, 5.74) is 7.38. The summed E-state index contributed by atoms with van der Waals surface area (Å²) < 4.78 is 0. The molecule has 0 aromatic heterocycles. The smallest absolute Gasteiger partial charge is 0.306 e. The molecule has 0 aliphatic rings. The molecule has 4 N–H and O–H groups in total. The van der Waals surface area contributed by atoms with Gasteiger partial charge >= 0.3 is 5.97 Å². The van der Waals surface area contributed by atoms with Crippen molar-refractivity contribution in [1.82, 2.24) is 5.32 Å². The zero-order chi connectivity index (χ0) is 15.1. The molecule has 1 amide bonds. The second-order valence-corrected chi connectivity index (χ2v) is 5.15. The minimum absolute atomic E-state index is 0.0630. The lowest BCUT2D eigenvalue weighted by molar-refractivity contribution is -0.141. The maximum absolute atomic E-state index is 11.8. The lowest BCUT2D eigenvalue weighted by atomic mass is 9.97. The maximum Gasteiger partial charge on any atom is 0.306 e. The van der Waals surface area contributed by atoms with Crippen LogP contribution in [0.3, 0.4) is 0 Å². The highest BCUT2D eigenvalue weighted by molar-refractivity contribution is 5.77. The predicted octanol–water partition coefficient (Wildman–Crippen LogP) is 1.99. The number of carboxylic acids is 1. The Labute approximate surface area is 119 Å². The molecule has 1 aromatic carbocycles. The predicted molar refractivity (Wildman–Crippen MR) is 78.3 cm³/mol. The van der Waals surface area contributed by atoms with Crippen LogP contribution in [0, 0.1) is 5.92 Å². The van der Waals surface area contributed by atoms with Crippen LogP contribution in [-0.2, 0) is 9.59 Å². The number of amides is 1. The number of hydrogen-bond acceptors (Lipinski definition) is 3. The molecule has 110 valence electrons. The first-order chi connectivity index (χ1) is 9.40. The first-order valence-electron chi connectivity index (χ1n) is 6.75. The molecule has 1 rings (SSSR count). The molecule has 0 aliphatic heterocycles. The number of rotatable bonds is 7. The largest absolute Gasteiger partial charge is 0.481 e. The van der Waals surface area contributed by atoms with Crippen LogP contribution < -0.4 is 11.1 Å². The Morgan fingerprint density at radius 1 is 1.25 bits per heavy atom. The fraction of sp³-hybridized carbons (Fsp3) is 0.467. The van der Waals surface area contributed by atoms with E-state index in [1.165, 1.54) is 0 Å². The zero-order valence-electron chi connectivity index (χ0n) is 11.9. The van der Waals surface area contributed by atoms with Crippen molar-refractivity contribution < 1.29 is 14.7 Å². The number of carbonyl (C=O) groups is 2. The summed E-state index contributed by atoms with van der Waals surface area (Å²) in [7, 11) is 0. The number of anilines is 1. The average molecular weight is 278 g/mol. The number of hydrogen-bond donors (Lipinski definition) is 3. The van der Waals surface area contributed by atoms with E-state index in [9.17, 15) is 9.59 Å². The van der Waals surface area contributed by atoms with E-state index in [4.69, 9.17) is 10.8 Å². The van der Waals surface area contributed by atoms with E-state index in [1.54, 1.807) is 6.92 Å². The Hall–Kier alpha value is -2.04. The third kappa shape index (κ3) is 5.30. The molecule has 0 spiro atoms. The molecule has 5 heteroatoms. The first-order valence-corrected chi connectivity index (χ1v) is 6.75. The highest BCUT2D eigenvalue weighted by Gasteiger charge is 2.13. The number of carbonyl (C=O) groups excluding carboxylic acids is 1. The van der Waals surface area contributed by atoms with Gasteiger partial charge < -0.3 is 16.2 Å². The summed E-state index contributed by atoms with van der Waals surface area (Å²) in [4.78, 5) is 22.4. The van der Waals surface area contributed by atoms with Crippen molar-refractivity contribution in [3.63, 3.8) is 0 Å². The van der Waals surface area contributed by atoms with E-state index < -0.39 is 11.9 Å². The summed E-state index contributed by atoms with van der Waals surface area (Å²) in [5.74, 6) is -1.24. The minimum Gasteiger partial charge on any atom is -0.481 e. The second kappa shape index (κ2) is 7.53. The number of nitrogens with two attached hydrogens (primary N) is 1. The number of aliphatic carboxylic acids is 1. The van der Waals surface area contributed by atoms with Gasteiger partial charge in [0, 0.05) is 18.7 Å². The van der Waals surface area contributed by atoms with Crippen LogP contribution in [-0.4, -0.2) is 23.5 Å². The van der Waals surface area contributed by atoms with Crippen LogP contribution >= 0.6 is 0 Å². The lowest BCUT2D eigenvalue weighted by Crippen LogP contribution is -2.27. The molecule has 0 heterocycles. The molecule has 0 radical (unpaired) electrons. The standard InChI is InChI=1S/C15H22N2O3/c1-10(15(19)20)7-8-17-14(18)9-11(2)12-3-5-13(16)6-4-12/h3-6,10-11H,7-9,16H2,1-2H3,(H,17,18)(H,19,20). The van der Waals surface area contributed by atoms with Crippen LogP contribution in [0.25, 0.3) is 0 Å². The molecule has 0 aliphatic carbocycles. The van der Waals surface area contributed by atoms with Gasteiger partial charge in [-0.2, -0.15) is 0 Å². The molecular formula is C15H22N2O3. The molecule has 20 heavy (non-hydrogen) atoms. The number of nitrogen functional groups attached to an aromatic ring is 1. The lowest BCUT2D eigenvalue weighted by Gasteiger charge is -2.13. The van der Waals surface area contributed by atoms with Crippen molar-refractivity contribution in [2.45, 2.75) is 32.6 Å². The van der Waals surface area contributed by atoms with Gasteiger partial charge in [-0.05, 0) is 30.0 Å². The molecule has 5 nitrogen and oxygen atoms in total. The molecule has 2 unspecified atom stereocenters. The zero-order valence-corrected chi connectivity index (χ0v) is 11.9. The highest BCUT2D eigenvalue weighted by atomic mass is 16.4. The van der Waals surface area contributed by atoms with Gasteiger partial charge in [0.15, 0.2) is 0 Å². The Balaban J connectivity index is 2.35. The Morgan fingerprint density at radius 2 is 1.85 bits per heavy atom. The van der Waals surface area contributed by atoms with Crippen molar-refractivity contribution in [3.05, 3.63) is 29.8 Å². The summed E-state index contributed by atoms with van der Waals surface area (Å²) >= 11 is 0. The van der Waals surface area contributed by atoms with Gasteiger partial charge in [-0.1, -0.05) is 26.0 Å². The third-order valence-electron chi connectivity index (χ3n) is 3.32. The van der Waals surface area contributed by atoms with Crippen molar-refractivity contribution in [2.75, 3.05) is 12.3 Å². The van der Waals surface area contributed by atoms with Gasteiger partial charge in [0.05, 0.1) is 5.92 Å². The fourth-order valence-electron chi connectivity index (χ4n) is 1.84. The van der Waals surface area contributed by atoms with Crippen molar-refractivity contribution >= 4 is 17.6 Å². The van der Waals surface area contributed by atoms with Crippen LogP contribution in [0.4, 0.5) is 5.69 Å². The third-order valence-corrected chi connectivity index (χ3v) is 3.32. The Bertz CT molecular complexity index is 457. The van der Waals surface area contributed by atoms with Gasteiger partial charge in [0.2, 0.25) is 5.91 Å².